The van der Waals surface area contributed by atoms with E-state index in [1.807, 2.05) is 47.6 Å². The lowest BCUT2D eigenvalue weighted by Crippen LogP contribution is -2.25. The summed E-state index contributed by atoms with van der Waals surface area (Å²) in [5, 5.41) is 10.9. The highest BCUT2D eigenvalue weighted by Crippen LogP contribution is 2.34. The van der Waals surface area contributed by atoms with Gasteiger partial charge >= 0.3 is 0 Å². The number of aromatic nitrogens is 3. The number of carbonyl (C=O) groups excluding carboxylic acids is 1. The number of aromatic amines is 1. The molecule has 32 heavy (non-hydrogen) atoms. The van der Waals surface area contributed by atoms with Crippen molar-refractivity contribution in [1.29, 1.82) is 0 Å². The van der Waals surface area contributed by atoms with Crippen LogP contribution in [0.3, 0.4) is 0 Å². The van der Waals surface area contributed by atoms with Gasteiger partial charge in [0.25, 0.3) is 0 Å². The zero-order valence-electron chi connectivity index (χ0n) is 19.0. The smallest absolute Gasteiger partial charge is 0.219 e. The molecule has 0 aliphatic carbocycles. The third kappa shape index (κ3) is 5.10. The highest BCUT2D eigenvalue weighted by Gasteiger charge is 2.28. The molecule has 2 aromatic heterocycles. The zero-order valence-corrected chi connectivity index (χ0v) is 19.0. The van der Waals surface area contributed by atoms with Crippen LogP contribution >= 0.6 is 0 Å². The van der Waals surface area contributed by atoms with Gasteiger partial charge in [-0.05, 0) is 36.1 Å². The number of pyridine rings is 1. The molecule has 1 fully saturated rings. The summed E-state index contributed by atoms with van der Waals surface area (Å²) in [6, 6.07) is 12.1. The van der Waals surface area contributed by atoms with Gasteiger partial charge in [0.15, 0.2) is 0 Å². The number of H-pyrrole nitrogens is 1. The molecule has 7 heteroatoms. The Kier molecular flexibility index (Phi) is 6.73. The number of ether oxygens (including phenoxy) is 1. The van der Waals surface area contributed by atoms with Gasteiger partial charge in [0.2, 0.25) is 5.91 Å². The lowest BCUT2D eigenvalue weighted by molar-refractivity contribution is -0.127. The lowest BCUT2D eigenvalue weighted by atomic mass is 9.97. The maximum Gasteiger partial charge on any atom is 0.219 e. The Morgan fingerprint density at radius 3 is 2.94 bits per heavy atom. The van der Waals surface area contributed by atoms with Gasteiger partial charge in [-0.25, -0.2) is 4.98 Å². The molecule has 3 heterocycles. The van der Waals surface area contributed by atoms with E-state index in [-0.39, 0.29) is 11.8 Å². The highest BCUT2D eigenvalue weighted by atomic mass is 16.5. The standard InChI is InChI=1S/C25H31N5O2/c1-17(2)16-32-23-7-5-4-6-20(23)13-27-24-12-19(8-10-26-24)22-14-28-29-25(22)21-9-11-30(15-21)18(3)31/h4-8,10,12,14,17,21H,9,11,13,15-16H2,1-3H3,(H,26,27)(H,28,29). The maximum absolute atomic E-state index is 11.7. The number of likely N-dealkylation sites (tertiary alicyclic amines) is 1. The molecule has 3 aromatic rings. The summed E-state index contributed by atoms with van der Waals surface area (Å²) in [5.41, 5.74) is 4.29. The molecule has 0 spiro atoms. The first-order chi connectivity index (χ1) is 15.5. The molecule has 1 aliphatic rings. The molecule has 1 unspecified atom stereocenters. The third-order valence-electron chi connectivity index (χ3n) is 5.79. The quantitative estimate of drug-likeness (QED) is 0.548. The summed E-state index contributed by atoms with van der Waals surface area (Å²) in [6.07, 6.45) is 4.62. The predicted molar refractivity (Wildman–Crippen MR) is 126 cm³/mol. The Hall–Kier alpha value is -3.35. The van der Waals surface area contributed by atoms with Gasteiger partial charge in [-0.3, -0.25) is 9.89 Å². The van der Waals surface area contributed by atoms with Crippen LogP contribution in [0.1, 0.15) is 44.4 Å². The summed E-state index contributed by atoms with van der Waals surface area (Å²) >= 11 is 0. The number of anilines is 1. The van der Waals surface area contributed by atoms with Crippen molar-refractivity contribution < 1.29 is 9.53 Å². The molecule has 2 N–H and O–H groups in total. The van der Waals surface area contributed by atoms with Crippen LogP contribution < -0.4 is 10.1 Å². The summed E-state index contributed by atoms with van der Waals surface area (Å²) < 4.78 is 5.97. The molecule has 1 aliphatic heterocycles. The molecule has 7 nitrogen and oxygen atoms in total. The molecule has 0 radical (unpaired) electrons. The Bertz CT molecular complexity index is 1060. The van der Waals surface area contributed by atoms with Crippen LogP contribution in [0.15, 0.2) is 48.8 Å². The van der Waals surface area contributed by atoms with Crippen molar-refractivity contribution in [2.45, 2.75) is 39.7 Å². The number of amides is 1. The minimum absolute atomic E-state index is 0.126. The van der Waals surface area contributed by atoms with Crippen LogP contribution in [0.4, 0.5) is 5.82 Å². The molecule has 4 rings (SSSR count). The zero-order chi connectivity index (χ0) is 22.5. The summed E-state index contributed by atoms with van der Waals surface area (Å²) in [5.74, 6) is 2.57. The summed E-state index contributed by atoms with van der Waals surface area (Å²) in [4.78, 5) is 18.1. The molecular formula is C25H31N5O2. The normalized spacial score (nSPS) is 15.9. The first-order valence-corrected chi connectivity index (χ1v) is 11.2. The maximum atomic E-state index is 11.7. The van der Waals surface area contributed by atoms with E-state index in [0.29, 0.717) is 19.1 Å². The van der Waals surface area contributed by atoms with Gasteiger partial charge in [-0.1, -0.05) is 32.0 Å². The third-order valence-corrected chi connectivity index (χ3v) is 5.79. The second-order valence-corrected chi connectivity index (χ2v) is 8.74. The molecule has 168 valence electrons. The Morgan fingerprint density at radius 1 is 1.31 bits per heavy atom. The van der Waals surface area contributed by atoms with E-state index in [0.717, 1.165) is 53.5 Å². The largest absolute Gasteiger partial charge is 0.493 e. The number of carbonyl (C=O) groups is 1. The van der Waals surface area contributed by atoms with E-state index in [4.69, 9.17) is 4.74 Å². The molecular weight excluding hydrogens is 402 g/mol. The molecule has 0 saturated carbocycles. The Morgan fingerprint density at radius 2 is 2.16 bits per heavy atom. The van der Waals surface area contributed by atoms with Crippen molar-refractivity contribution in [3.63, 3.8) is 0 Å². The van der Waals surface area contributed by atoms with Crippen LogP contribution in [-0.2, 0) is 11.3 Å². The van der Waals surface area contributed by atoms with Gasteiger partial charge < -0.3 is 15.0 Å². The second-order valence-electron chi connectivity index (χ2n) is 8.74. The van der Waals surface area contributed by atoms with Gasteiger partial charge in [0.1, 0.15) is 11.6 Å². The van der Waals surface area contributed by atoms with E-state index in [2.05, 4.69) is 40.4 Å². The molecule has 1 atom stereocenters. The molecule has 1 amide bonds. The van der Waals surface area contributed by atoms with Gasteiger partial charge in [0.05, 0.1) is 12.8 Å². The lowest BCUT2D eigenvalue weighted by Gasteiger charge is -2.15. The van der Waals surface area contributed by atoms with Gasteiger partial charge in [-0.15, -0.1) is 0 Å². The van der Waals surface area contributed by atoms with Crippen molar-refractivity contribution in [3.05, 3.63) is 60.0 Å². The van der Waals surface area contributed by atoms with Crippen molar-refractivity contribution in [3.8, 4) is 16.9 Å². The Balaban J connectivity index is 1.47. The van der Waals surface area contributed by atoms with E-state index in [1.54, 1.807) is 6.92 Å². The fraction of sp³-hybridized carbons (Fsp3) is 0.400. The summed E-state index contributed by atoms with van der Waals surface area (Å²) in [6.45, 7) is 8.75. The van der Waals surface area contributed by atoms with E-state index in [1.165, 1.54) is 0 Å². The van der Waals surface area contributed by atoms with Crippen LogP contribution in [0.2, 0.25) is 0 Å². The SMILES string of the molecule is CC(=O)N1CCC(c2[nH]ncc2-c2ccnc(NCc3ccccc3OCC(C)C)c2)C1. The molecule has 1 aromatic carbocycles. The average molecular weight is 434 g/mol. The molecule has 1 saturated heterocycles. The Labute approximate surface area is 189 Å². The van der Waals surface area contributed by atoms with Gasteiger partial charge in [-0.2, -0.15) is 5.10 Å². The number of hydrogen-bond donors (Lipinski definition) is 2. The van der Waals surface area contributed by atoms with Crippen molar-refractivity contribution >= 4 is 11.7 Å². The van der Waals surface area contributed by atoms with Crippen LogP contribution in [0, 0.1) is 5.92 Å². The number of rotatable bonds is 8. The summed E-state index contributed by atoms with van der Waals surface area (Å²) in [7, 11) is 0. The monoisotopic (exact) mass is 433 g/mol. The van der Waals surface area contributed by atoms with E-state index in [9.17, 15) is 4.79 Å². The number of benzene rings is 1. The van der Waals surface area contributed by atoms with Crippen molar-refractivity contribution in [1.82, 2.24) is 20.1 Å². The predicted octanol–water partition coefficient (Wildman–Crippen LogP) is 4.45. The van der Waals surface area contributed by atoms with Crippen LogP contribution in [-0.4, -0.2) is 45.7 Å². The van der Waals surface area contributed by atoms with Gasteiger partial charge in [0, 0.05) is 55.5 Å². The fourth-order valence-electron chi connectivity index (χ4n) is 4.05. The number of nitrogens with one attached hydrogen (secondary N) is 2. The fourth-order valence-corrected chi connectivity index (χ4v) is 4.05. The van der Waals surface area contributed by atoms with Crippen molar-refractivity contribution in [2.24, 2.45) is 5.92 Å². The van der Waals surface area contributed by atoms with Crippen molar-refractivity contribution in [2.75, 3.05) is 25.0 Å². The van der Waals surface area contributed by atoms with E-state index >= 15 is 0 Å². The minimum Gasteiger partial charge on any atom is -0.493 e. The number of hydrogen-bond acceptors (Lipinski definition) is 5. The topological polar surface area (TPSA) is 83.1 Å². The van der Waals surface area contributed by atoms with E-state index < -0.39 is 0 Å². The van der Waals surface area contributed by atoms with Crippen LogP contribution in [0.25, 0.3) is 11.1 Å². The second kappa shape index (κ2) is 9.85. The highest BCUT2D eigenvalue weighted by molar-refractivity contribution is 5.74. The number of para-hydroxylation sites is 1. The number of nitrogens with zero attached hydrogens (tertiary/aromatic N) is 3. The average Bonchev–Trinajstić information content (AvgIpc) is 3.46. The molecule has 0 bridgehead atoms. The first-order valence-electron chi connectivity index (χ1n) is 11.2. The first kappa shape index (κ1) is 21.9. The minimum atomic E-state index is 0.126. The van der Waals surface area contributed by atoms with Crippen LogP contribution in [0.5, 0.6) is 5.75 Å².